The number of hydrogen-bond acceptors (Lipinski definition) is 4. The van der Waals surface area contributed by atoms with E-state index in [4.69, 9.17) is 5.14 Å². The number of nitrogens with two attached hydrogens (primary N) is 1. The van der Waals surface area contributed by atoms with E-state index in [9.17, 15) is 16.8 Å². The van der Waals surface area contributed by atoms with Gasteiger partial charge in [0.15, 0.2) is 0 Å². The Balaban J connectivity index is 2.31. The number of hydrogen-bond donors (Lipinski definition) is 2. The Morgan fingerprint density at radius 2 is 1.75 bits per heavy atom. The van der Waals surface area contributed by atoms with Crippen molar-refractivity contribution >= 4 is 25.9 Å². The summed E-state index contributed by atoms with van der Waals surface area (Å²) in [5.74, 6) is 0. The molecular weight excluding hydrogens is 302 g/mol. The molecule has 112 valence electrons. The van der Waals surface area contributed by atoms with Crippen LogP contribution < -0.4 is 9.86 Å². The van der Waals surface area contributed by atoms with Gasteiger partial charge in [-0.1, -0.05) is 6.07 Å². The lowest BCUT2D eigenvalue weighted by Crippen LogP contribution is -2.33. The van der Waals surface area contributed by atoms with Crippen LogP contribution in [0.15, 0.2) is 23.1 Å². The van der Waals surface area contributed by atoms with Crippen LogP contribution in [0.2, 0.25) is 0 Å². The molecule has 0 aliphatic carbocycles. The highest BCUT2D eigenvalue weighted by molar-refractivity contribution is 7.90. The fraction of sp³-hybridized carbons (Fsp3) is 0.455. The van der Waals surface area contributed by atoms with Crippen molar-refractivity contribution in [1.82, 2.24) is 4.31 Å². The van der Waals surface area contributed by atoms with Crippen molar-refractivity contribution in [2.24, 2.45) is 5.14 Å². The highest BCUT2D eigenvalue weighted by Gasteiger charge is 2.25. The molecule has 0 spiro atoms. The summed E-state index contributed by atoms with van der Waals surface area (Å²) in [6.07, 6.45) is 1.66. The molecule has 0 atom stereocenters. The van der Waals surface area contributed by atoms with Crippen LogP contribution in [0.1, 0.15) is 18.4 Å². The van der Waals surface area contributed by atoms with E-state index in [-0.39, 0.29) is 10.6 Å². The van der Waals surface area contributed by atoms with Crippen molar-refractivity contribution in [2.75, 3.05) is 17.8 Å². The molecule has 20 heavy (non-hydrogen) atoms. The maximum absolute atomic E-state index is 12.1. The lowest BCUT2D eigenvalue weighted by atomic mass is 10.2. The molecule has 1 heterocycles. The second-order valence-corrected chi connectivity index (χ2v) is 7.94. The molecule has 0 radical (unpaired) electrons. The molecule has 1 aliphatic heterocycles. The van der Waals surface area contributed by atoms with Gasteiger partial charge >= 0.3 is 10.2 Å². The number of anilines is 1. The Morgan fingerprint density at radius 3 is 2.30 bits per heavy atom. The summed E-state index contributed by atoms with van der Waals surface area (Å²) < 4.78 is 50.7. The van der Waals surface area contributed by atoms with Gasteiger partial charge in [0.25, 0.3) is 0 Å². The van der Waals surface area contributed by atoms with Crippen molar-refractivity contribution in [3.05, 3.63) is 23.8 Å². The molecule has 0 unspecified atom stereocenters. The molecule has 1 fully saturated rings. The predicted octanol–water partition coefficient (Wildman–Crippen LogP) is 0.395. The van der Waals surface area contributed by atoms with E-state index < -0.39 is 20.2 Å². The number of benzene rings is 1. The predicted molar refractivity (Wildman–Crippen MR) is 75.9 cm³/mol. The van der Waals surface area contributed by atoms with E-state index in [2.05, 4.69) is 4.72 Å². The first kappa shape index (κ1) is 15.2. The lowest BCUT2D eigenvalue weighted by molar-refractivity contribution is 0.482. The topological polar surface area (TPSA) is 110 Å². The molecule has 3 N–H and O–H groups in total. The molecule has 0 aromatic heterocycles. The third-order valence-electron chi connectivity index (χ3n) is 3.15. The number of sulfonamides is 1. The van der Waals surface area contributed by atoms with Gasteiger partial charge in [0.05, 0.1) is 10.6 Å². The number of nitrogens with zero attached hydrogens (tertiary/aromatic N) is 1. The van der Waals surface area contributed by atoms with Crippen LogP contribution in [0.3, 0.4) is 0 Å². The van der Waals surface area contributed by atoms with Crippen LogP contribution in [-0.2, 0) is 20.2 Å². The Bertz CT molecular complexity index is 707. The van der Waals surface area contributed by atoms with Crippen LogP contribution in [0, 0.1) is 6.92 Å². The highest BCUT2D eigenvalue weighted by atomic mass is 32.2. The maximum atomic E-state index is 12.1. The standard InChI is InChI=1S/C11H17N3O4S2/c1-9-4-5-10(8-11(9)19(12,15)16)13-20(17,18)14-6-2-3-7-14/h4-5,8,13H,2-3,6-7H2,1H3,(H2,12,15,16). The average Bonchev–Trinajstić information content (AvgIpc) is 2.84. The highest BCUT2D eigenvalue weighted by Crippen LogP contribution is 2.21. The van der Waals surface area contributed by atoms with Gasteiger partial charge in [-0.2, -0.15) is 12.7 Å². The fourth-order valence-electron chi connectivity index (χ4n) is 2.11. The van der Waals surface area contributed by atoms with E-state index in [0.717, 1.165) is 12.8 Å². The zero-order chi connectivity index (χ0) is 15.0. The summed E-state index contributed by atoms with van der Waals surface area (Å²) in [5, 5.41) is 5.10. The van der Waals surface area contributed by atoms with E-state index >= 15 is 0 Å². The SMILES string of the molecule is Cc1ccc(NS(=O)(=O)N2CCCC2)cc1S(N)(=O)=O. The quantitative estimate of drug-likeness (QED) is 0.836. The number of aryl methyl sites for hydroxylation is 1. The van der Waals surface area contributed by atoms with E-state index in [1.807, 2.05) is 0 Å². The van der Waals surface area contributed by atoms with E-state index in [1.54, 1.807) is 6.92 Å². The summed E-state index contributed by atoms with van der Waals surface area (Å²) in [6.45, 7) is 2.55. The van der Waals surface area contributed by atoms with Crippen molar-refractivity contribution in [1.29, 1.82) is 0 Å². The molecular formula is C11H17N3O4S2. The molecule has 9 heteroatoms. The second kappa shape index (κ2) is 5.32. The van der Waals surface area contributed by atoms with Gasteiger partial charge < -0.3 is 0 Å². The Kier molecular flexibility index (Phi) is 4.05. The maximum Gasteiger partial charge on any atom is 0.301 e. The van der Waals surface area contributed by atoms with Crippen molar-refractivity contribution < 1.29 is 16.8 Å². The molecule has 1 aliphatic rings. The molecule has 7 nitrogen and oxygen atoms in total. The fourth-order valence-corrected chi connectivity index (χ4v) is 4.21. The first-order valence-corrected chi connectivity index (χ1v) is 9.10. The van der Waals surface area contributed by atoms with Gasteiger partial charge in [-0.3, -0.25) is 4.72 Å². The van der Waals surface area contributed by atoms with Crippen LogP contribution in [0.25, 0.3) is 0 Å². The minimum atomic E-state index is -3.88. The normalized spacial score (nSPS) is 17.3. The molecule has 1 aromatic rings. The summed E-state index contributed by atoms with van der Waals surface area (Å²) in [7, 11) is -7.52. The third-order valence-corrected chi connectivity index (χ3v) is 5.74. The zero-order valence-corrected chi connectivity index (χ0v) is 12.7. The smallest absolute Gasteiger partial charge is 0.271 e. The third kappa shape index (κ3) is 3.29. The first-order valence-electron chi connectivity index (χ1n) is 6.11. The van der Waals surface area contributed by atoms with Crippen molar-refractivity contribution in [3.63, 3.8) is 0 Å². The van der Waals surface area contributed by atoms with Gasteiger partial charge in [-0.15, -0.1) is 0 Å². The summed E-state index contributed by atoms with van der Waals surface area (Å²) in [6, 6.07) is 4.26. The van der Waals surface area contributed by atoms with Crippen molar-refractivity contribution in [2.45, 2.75) is 24.7 Å². The van der Waals surface area contributed by atoms with Gasteiger partial charge in [0.2, 0.25) is 10.0 Å². The summed E-state index contributed by atoms with van der Waals surface area (Å²) >= 11 is 0. The first-order chi connectivity index (χ1) is 9.20. The van der Waals surface area contributed by atoms with Crippen LogP contribution in [0.5, 0.6) is 0 Å². The van der Waals surface area contributed by atoms with Crippen LogP contribution >= 0.6 is 0 Å². The molecule has 0 bridgehead atoms. The van der Waals surface area contributed by atoms with Gasteiger partial charge in [-0.25, -0.2) is 13.6 Å². The minimum absolute atomic E-state index is 0.0841. The molecule has 0 saturated carbocycles. The number of nitrogens with one attached hydrogen (secondary N) is 1. The van der Waals surface area contributed by atoms with Crippen LogP contribution in [0.4, 0.5) is 5.69 Å². The Morgan fingerprint density at radius 1 is 1.15 bits per heavy atom. The van der Waals surface area contributed by atoms with Gasteiger partial charge in [0.1, 0.15) is 0 Å². The van der Waals surface area contributed by atoms with Gasteiger partial charge in [-0.05, 0) is 37.5 Å². The largest absolute Gasteiger partial charge is 0.301 e. The Labute approximate surface area is 119 Å². The van der Waals surface area contributed by atoms with E-state index in [0.29, 0.717) is 18.7 Å². The Hall–Kier alpha value is -1.16. The molecule has 1 saturated heterocycles. The van der Waals surface area contributed by atoms with Crippen LogP contribution in [-0.4, -0.2) is 34.2 Å². The zero-order valence-electron chi connectivity index (χ0n) is 11.0. The van der Waals surface area contributed by atoms with Crippen molar-refractivity contribution in [3.8, 4) is 0 Å². The molecule has 1 aromatic carbocycles. The number of rotatable bonds is 4. The lowest BCUT2D eigenvalue weighted by Gasteiger charge is -2.17. The summed E-state index contributed by atoms with van der Waals surface area (Å²) in [5.41, 5.74) is 0.656. The minimum Gasteiger partial charge on any atom is -0.271 e. The van der Waals surface area contributed by atoms with E-state index in [1.165, 1.54) is 22.5 Å². The molecule has 0 amide bonds. The average molecular weight is 319 g/mol. The van der Waals surface area contributed by atoms with Gasteiger partial charge in [0, 0.05) is 13.1 Å². The molecule has 2 rings (SSSR count). The monoisotopic (exact) mass is 319 g/mol. The number of primary sulfonamides is 1. The second-order valence-electron chi connectivity index (χ2n) is 4.74. The summed E-state index contributed by atoms with van der Waals surface area (Å²) in [4.78, 5) is -0.0841.